The number of hydrogen-bond donors (Lipinski definition) is 1. The Hall–Kier alpha value is -1.10. The fraction of sp³-hybridized carbons (Fsp3) is 0.278. The lowest BCUT2D eigenvalue weighted by atomic mass is 10.0. The second-order valence-corrected chi connectivity index (χ2v) is 8.28. The highest BCUT2D eigenvalue weighted by molar-refractivity contribution is 8.00. The fourth-order valence-corrected chi connectivity index (χ4v) is 5.34. The molecule has 1 atom stereocenters. The number of carbonyl (C=O) groups is 1. The van der Waals surface area contributed by atoms with Gasteiger partial charge in [0.25, 0.3) is 0 Å². The van der Waals surface area contributed by atoms with E-state index in [1.54, 1.807) is 11.8 Å². The molecule has 0 fully saturated rings. The zero-order valence-electron chi connectivity index (χ0n) is 12.5. The molecule has 1 N–H and O–H groups in total. The van der Waals surface area contributed by atoms with Crippen LogP contribution in [0.3, 0.4) is 0 Å². The molecule has 0 radical (unpaired) electrons. The van der Waals surface area contributed by atoms with Gasteiger partial charge in [-0.2, -0.15) is 11.8 Å². The molecule has 120 valence electrons. The molecule has 2 nitrogen and oxygen atoms in total. The van der Waals surface area contributed by atoms with Crippen molar-refractivity contribution in [3.05, 3.63) is 58.6 Å². The number of carboxylic acid groups (broad SMARTS) is 1. The van der Waals surface area contributed by atoms with E-state index in [0.29, 0.717) is 11.7 Å². The quantitative estimate of drug-likeness (QED) is 0.692. The number of rotatable bonds is 5. The average molecular weight is 365 g/mol. The molecule has 1 aliphatic rings. The highest BCUT2D eigenvalue weighted by atomic mass is 35.5. The molecule has 0 bridgehead atoms. The molecule has 3 rings (SSSR count). The maximum absolute atomic E-state index is 10.7. The van der Waals surface area contributed by atoms with E-state index in [-0.39, 0.29) is 6.42 Å². The van der Waals surface area contributed by atoms with Gasteiger partial charge in [-0.3, -0.25) is 4.79 Å². The Labute approximate surface area is 149 Å². The van der Waals surface area contributed by atoms with Crippen LogP contribution in [0.25, 0.3) is 0 Å². The van der Waals surface area contributed by atoms with Crippen molar-refractivity contribution in [2.45, 2.75) is 34.3 Å². The first-order chi connectivity index (χ1) is 11.1. The SMILES string of the molecule is O=C(O)CCCS[C@@H]1Cc2cc(Cl)ccc2Sc2ccccc21. The molecule has 0 unspecified atom stereocenters. The number of hydrogen-bond acceptors (Lipinski definition) is 3. The third-order valence-electron chi connectivity index (χ3n) is 3.77. The van der Waals surface area contributed by atoms with Crippen LogP contribution in [0, 0.1) is 0 Å². The summed E-state index contributed by atoms with van der Waals surface area (Å²) in [7, 11) is 0. The van der Waals surface area contributed by atoms with Gasteiger partial charge in [0.05, 0.1) is 0 Å². The molecule has 0 spiro atoms. The van der Waals surface area contributed by atoms with Gasteiger partial charge in [-0.25, -0.2) is 0 Å². The van der Waals surface area contributed by atoms with Crippen molar-refractivity contribution in [2.75, 3.05) is 5.75 Å². The summed E-state index contributed by atoms with van der Waals surface area (Å²) in [6.45, 7) is 0. The minimum absolute atomic E-state index is 0.235. The Morgan fingerprint density at radius 1 is 1.26 bits per heavy atom. The second kappa shape index (κ2) is 7.65. The zero-order valence-corrected chi connectivity index (χ0v) is 14.9. The van der Waals surface area contributed by atoms with Crippen LogP contribution in [0.1, 0.15) is 29.2 Å². The third-order valence-corrected chi connectivity index (χ3v) is 6.56. The standard InChI is InChI=1S/C18H17ClO2S2/c19-13-7-8-15-12(10-13)11-17(22-9-3-6-18(20)21)14-4-1-2-5-16(14)23-15/h1-2,4-5,7-8,10,17H,3,6,9,11H2,(H,20,21)/t17-/m1/s1. The summed E-state index contributed by atoms with van der Waals surface area (Å²) in [6, 6.07) is 14.6. The maximum atomic E-state index is 10.7. The van der Waals surface area contributed by atoms with Gasteiger partial charge in [0.15, 0.2) is 0 Å². The van der Waals surface area contributed by atoms with Crippen LogP contribution >= 0.6 is 35.1 Å². The lowest BCUT2D eigenvalue weighted by Crippen LogP contribution is -2.02. The van der Waals surface area contributed by atoms with Gasteiger partial charge in [-0.15, -0.1) is 0 Å². The first kappa shape index (κ1) is 16.7. The van der Waals surface area contributed by atoms with Crippen molar-refractivity contribution in [3.63, 3.8) is 0 Å². The second-order valence-electron chi connectivity index (χ2n) is 5.45. The van der Waals surface area contributed by atoms with E-state index in [4.69, 9.17) is 16.7 Å². The molecule has 1 heterocycles. The minimum Gasteiger partial charge on any atom is -0.481 e. The summed E-state index contributed by atoms with van der Waals surface area (Å²) >= 11 is 9.81. The van der Waals surface area contributed by atoms with E-state index >= 15 is 0 Å². The largest absolute Gasteiger partial charge is 0.481 e. The topological polar surface area (TPSA) is 37.3 Å². The Kier molecular flexibility index (Phi) is 5.57. The normalized spacial score (nSPS) is 16.3. The van der Waals surface area contributed by atoms with Gasteiger partial charge in [0.2, 0.25) is 0 Å². The van der Waals surface area contributed by atoms with E-state index in [2.05, 4.69) is 36.4 Å². The van der Waals surface area contributed by atoms with Crippen LogP contribution in [-0.4, -0.2) is 16.8 Å². The third kappa shape index (κ3) is 4.25. The highest BCUT2D eigenvalue weighted by Gasteiger charge is 2.23. The monoisotopic (exact) mass is 364 g/mol. The number of carboxylic acids is 1. The molecule has 0 aromatic heterocycles. The number of halogens is 1. The van der Waals surface area contributed by atoms with E-state index in [0.717, 1.165) is 17.2 Å². The number of aliphatic carboxylic acids is 1. The van der Waals surface area contributed by atoms with Gasteiger partial charge in [-0.1, -0.05) is 41.6 Å². The average Bonchev–Trinajstić information content (AvgIpc) is 2.68. The molecule has 2 aromatic carbocycles. The Morgan fingerprint density at radius 3 is 2.91 bits per heavy atom. The van der Waals surface area contributed by atoms with Crippen LogP contribution in [-0.2, 0) is 11.2 Å². The summed E-state index contributed by atoms with van der Waals surface area (Å²) in [5.74, 6) is 0.130. The number of benzene rings is 2. The van der Waals surface area contributed by atoms with Crippen LogP contribution < -0.4 is 0 Å². The van der Waals surface area contributed by atoms with Crippen molar-refractivity contribution >= 4 is 41.1 Å². The summed E-state index contributed by atoms with van der Waals surface area (Å²) in [6.07, 6.45) is 1.87. The molecular weight excluding hydrogens is 348 g/mol. The lowest BCUT2D eigenvalue weighted by Gasteiger charge is -2.17. The predicted molar refractivity (Wildman–Crippen MR) is 97.8 cm³/mol. The van der Waals surface area contributed by atoms with Crippen LogP contribution in [0.2, 0.25) is 5.02 Å². The Bertz CT molecular complexity index is 718. The van der Waals surface area contributed by atoms with E-state index < -0.39 is 5.97 Å². The van der Waals surface area contributed by atoms with Crippen LogP contribution in [0.5, 0.6) is 0 Å². The lowest BCUT2D eigenvalue weighted by molar-refractivity contribution is -0.137. The summed E-state index contributed by atoms with van der Waals surface area (Å²) in [4.78, 5) is 13.2. The van der Waals surface area contributed by atoms with Gasteiger partial charge >= 0.3 is 5.97 Å². The molecular formula is C18H17ClO2S2. The van der Waals surface area contributed by atoms with Crippen molar-refractivity contribution in [1.29, 1.82) is 0 Å². The minimum atomic E-state index is -0.723. The van der Waals surface area contributed by atoms with Crippen LogP contribution in [0.15, 0.2) is 52.3 Å². The fourth-order valence-electron chi connectivity index (χ4n) is 2.67. The molecule has 0 saturated heterocycles. The molecule has 0 saturated carbocycles. The molecule has 0 amide bonds. The maximum Gasteiger partial charge on any atom is 0.303 e. The van der Waals surface area contributed by atoms with Crippen molar-refractivity contribution in [3.8, 4) is 0 Å². The summed E-state index contributed by atoms with van der Waals surface area (Å²) in [5, 5.41) is 9.90. The molecule has 5 heteroatoms. The van der Waals surface area contributed by atoms with Crippen LogP contribution in [0.4, 0.5) is 0 Å². The molecule has 2 aromatic rings. The van der Waals surface area contributed by atoms with Crippen molar-refractivity contribution in [2.24, 2.45) is 0 Å². The Morgan fingerprint density at radius 2 is 2.09 bits per heavy atom. The summed E-state index contributed by atoms with van der Waals surface area (Å²) < 4.78 is 0. The van der Waals surface area contributed by atoms with Gasteiger partial charge in [-0.05, 0) is 54.0 Å². The van der Waals surface area contributed by atoms with Gasteiger partial charge in [0.1, 0.15) is 0 Å². The predicted octanol–water partition coefficient (Wildman–Crippen LogP) is 5.69. The number of thioether (sulfide) groups is 1. The zero-order chi connectivity index (χ0) is 16.2. The van der Waals surface area contributed by atoms with E-state index in [1.165, 1.54) is 20.9 Å². The van der Waals surface area contributed by atoms with E-state index in [9.17, 15) is 4.79 Å². The number of fused-ring (bicyclic) bond motifs is 2. The van der Waals surface area contributed by atoms with Gasteiger partial charge < -0.3 is 5.11 Å². The molecule has 23 heavy (non-hydrogen) atoms. The molecule has 1 aliphatic heterocycles. The smallest absolute Gasteiger partial charge is 0.303 e. The van der Waals surface area contributed by atoms with Crippen molar-refractivity contribution in [1.82, 2.24) is 0 Å². The molecule has 0 aliphatic carbocycles. The highest BCUT2D eigenvalue weighted by Crippen LogP contribution is 2.46. The van der Waals surface area contributed by atoms with Crippen molar-refractivity contribution < 1.29 is 9.90 Å². The summed E-state index contributed by atoms with van der Waals surface area (Å²) in [5.41, 5.74) is 2.61. The van der Waals surface area contributed by atoms with E-state index in [1.807, 2.05) is 17.8 Å². The first-order valence-corrected chi connectivity index (χ1v) is 9.76. The first-order valence-electron chi connectivity index (χ1n) is 7.52. The Balaban J connectivity index is 1.83. The van der Waals surface area contributed by atoms with Gasteiger partial charge in [0, 0.05) is 26.5 Å².